The number of amides is 2. The van der Waals surface area contributed by atoms with Crippen molar-refractivity contribution < 1.29 is 14.3 Å². The topological polar surface area (TPSA) is 93.2 Å². The van der Waals surface area contributed by atoms with E-state index in [1.165, 1.54) is 0 Å². The van der Waals surface area contributed by atoms with E-state index in [9.17, 15) is 9.59 Å². The summed E-state index contributed by atoms with van der Waals surface area (Å²) in [5.41, 5.74) is 0.825. The molecule has 0 saturated carbocycles. The number of thioether (sulfide) groups is 1. The molecule has 0 unspecified atom stereocenters. The van der Waals surface area contributed by atoms with Gasteiger partial charge in [0.2, 0.25) is 5.95 Å². The van der Waals surface area contributed by atoms with E-state index in [-0.39, 0.29) is 11.1 Å². The van der Waals surface area contributed by atoms with Crippen LogP contribution in [0.1, 0.15) is 5.56 Å². The van der Waals surface area contributed by atoms with Crippen LogP contribution in [0.3, 0.4) is 0 Å². The first-order chi connectivity index (χ1) is 11.7. The van der Waals surface area contributed by atoms with E-state index in [1.807, 2.05) is 24.3 Å². The number of anilines is 1. The maximum Gasteiger partial charge on any atom is 0.290 e. The molecule has 1 aromatic carbocycles. The molecule has 0 bridgehead atoms. The summed E-state index contributed by atoms with van der Waals surface area (Å²) >= 11 is 0.898. The highest BCUT2D eigenvalue weighted by molar-refractivity contribution is 8.18. The monoisotopic (exact) mass is 342 g/mol. The molecule has 3 rings (SSSR count). The standard InChI is InChI=1S/C16H14N4O3S/c21-14-13(24-16(22)20-14)10-11-2-4-12(5-3-11)23-9-8-19-15-17-6-1-7-18-15/h1-7,10H,8-9H2,(H,17,18,19)(H,20,21,22)/b13-10+. The molecule has 0 aliphatic carbocycles. The minimum atomic E-state index is -0.362. The van der Waals surface area contributed by atoms with Gasteiger partial charge in [-0.1, -0.05) is 12.1 Å². The van der Waals surface area contributed by atoms with Gasteiger partial charge >= 0.3 is 0 Å². The van der Waals surface area contributed by atoms with E-state index in [0.29, 0.717) is 29.8 Å². The van der Waals surface area contributed by atoms with Gasteiger partial charge in [0.1, 0.15) is 12.4 Å². The van der Waals surface area contributed by atoms with Crippen molar-refractivity contribution in [3.63, 3.8) is 0 Å². The van der Waals surface area contributed by atoms with Gasteiger partial charge < -0.3 is 10.1 Å². The van der Waals surface area contributed by atoms with Crippen LogP contribution in [0.25, 0.3) is 6.08 Å². The maximum atomic E-state index is 11.5. The second-order valence-electron chi connectivity index (χ2n) is 4.77. The van der Waals surface area contributed by atoms with E-state index < -0.39 is 0 Å². The van der Waals surface area contributed by atoms with Crippen LogP contribution in [0.5, 0.6) is 5.75 Å². The molecule has 1 aromatic heterocycles. The lowest BCUT2D eigenvalue weighted by atomic mass is 10.2. The van der Waals surface area contributed by atoms with E-state index in [2.05, 4.69) is 20.6 Å². The first-order valence-corrected chi connectivity index (χ1v) is 8.01. The Morgan fingerprint density at radius 1 is 1.17 bits per heavy atom. The normalized spacial score (nSPS) is 15.4. The molecule has 1 fully saturated rings. The zero-order valence-electron chi connectivity index (χ0n) is 12.6. The van der Waals surface area contributed by atoms with Gasteiger partial charge in [0.05, 0.1) is 11.4 Å². The molecule has 7 nitrogen and oxygen atoms in total. The summed E-state index contributed by atoms with van der Waals surface area (Å²) < 4.78 is 5.61. The largest absolute Gasteiger partial charge is 0.492 e. The first kappa shape index (κ1) is 16.0. The predicted octanol–water partition coefficient (Wildman–Crippen LogP) is 2.29. The van der Waals surface area contributed by atoms with Crippen LogP contribution in [-0.4, -0.2) is 34.3 Å². The van der Waals surface area contributed by atoms with E-state index in [1.54, 1.807) is 24.5 Å². The average Bonchev–Trinajstić information content (AvgIpc) is 2.91. The summed E-state index contributed by atoms with van der Waals surface area (Å²) in [4.78, 5) is 31.1. The van der Waals surface area contributed by atoms with Crippen molar-refractivity contribution in [3.8, 4) is 5.75 Å². The van der Waals surface area contributed by atoms with Crippen LogP contribution in [0.4, 0.5) is 10.7 Å². The number of hydrogen-bond donors (Lipinski definition) is 2. The minimum Gasteiger partial charge on any atom is -0.492 e. The molecule has 2 N–H and O–H groups in total. The third kappa shape index (κ3) is 4.32. The van der Waals surface area contributed by atoms with Crippen molar-refractivity contribution in [2.45, 2.75) is 0 Å². The molecular weight excluding hydrogens is 328 g/mol. The van der Waals surface area contributed by atoms with Crippen molar-refractivity contribution in [2.75, 3.05) is 18.5 Å². The van der Waals surface area contributed by atoms with Crippen molar-refractivity contribution in [2.24, 2.45) is 0 Å². The first-order valence-electron chi connectivity index (χ1n) is 7.19. The highest BCUT2D eigenvalue weighted by Crippen LogP contribution is 2.26. The number of aromatic nitrogens is 2. The van der Waals surface area contributed by atoms with Crippen LogP contribution in [-0.2, 0) is 4.79 Å². The fourth-order valence-electron chi connectivity index (χ4n) is 1.95. The second kappa shape index (κ2) is 7.60. The highest BCUT2D eigenvalue weighted by Gasteiger charge is 2.24. The number of nitrogens with zero attached hydrogens (tertiary/aromatic N) is 2. The molecule has 122 valence electrons. The molecule has 1 saturated heterocycles. The van der Waals surface area contributed by atoms with E-state index >= 15 is 0 Å². The van der Waals surface area contributed by atoms with Gasteiger partial charge in [0.15, 0.2) is 0 Å². The third-order valence-corrected chi connectivity index (χ3v) is 3.85. The van der Waals surface area contributed by atoms with Gasteiger partial charge in [-0.3, -0.25) is 14.9 Å². The summed E-state index contributed by atoms with van der Waals surface area (Å²) in [6.45, 7) is 1.04. The Balaban J connectivity index is 1.49. The number of rotatable bonds is 6. The quantitative estimate of drug-likeness (QED) is 0.614. The molecular formula is C16H14N4O3S. The molecule has 0 radical (unpaired) electrons. The predicted molar refractivity (Wildman–Crippen MR) is 91.6 cm³/mol. The lowest BCUT2D eigenvalue weighted by Gasteiger charge is -2.07. The summed E-state index contributed by atoms with van der Waals surface area (Å²) in [5, 5.41) is 4.92. The molecule has 24 heavy (non-hydrogen) atoms. The van der Waals surface area contributed by atoms with Gasteiger partial charge in [-0.05, 0) is 41.6 Å². The number of imide groups is 1. The maximum absolute atomic E-state index is 11.5. The van der Waals surface area contributed by atoms with Gasteiger partial charge in [-0.2, -0.15) is 0 Å². The summed E-state index contributed by atoms with van der Waals surface area (Å²) in [6.07, 6.45) is 5.00. The van der Waals surface area contributed by atoms with Gasteiger partial charge in [-0.15, -0.1) is 0 Å². The Morgan fingerprint density at radius 2 is 1.92 bits per heavy atom. The van der Waals surface area contributed by atoms with Crippen molar-refractivity contribution >= 4 is 34.9 Å². The molecule has 2 amide bonds. The Kier molecular flexibility index (Phi) is 5.07. The summed E-state index contributed by atoms with van der Waals surface area (Å²) in [6, 6.07) is 9.02. The Hall–Kier alpha value is -2.87. The Labute approximate surface area is 142 Å². The molecule has 8 heteroatoms. The number of carbonyl (C=O) groups is 2. The smallest absolute Gasteiger partial charge is 0.290 e. The van der Waals surface area contributed by atoms with Crippen LogP contribution >= 0.6 is 11.8 Å². The summed E-state index contributed by atoms with van der Waals surface area (Å²) in [5.74, 6) is 0.914. The molecule has 1 aliphatic heterocycles. The highest BCUT2D eigenvalue weighted by atomic mass is 32.2. The molecule has 0 spiro atoms. The number of carbonyl (C=O) groups excluding carboxylic acids is 2. The van der Waals surface area contributed by atoms with Crippen LogP contribution in [0.2, 0.25) is 0 Å². The zero-order chi connectivity index (χ0) is 16.8. The van der Waals surface area contributed by atoms with Crippen LogP contribution < -0.4 is 15.4 Å². The summed E-state index contributed by atoms with van der Waals surface area (Å²) in [7, 11) is 0. The van der Waals surface area contributed by atoms with Gasteiger partial charge in [0, 0.05) is 12.4 Å². The molecule has 1 aliphatic rings. The number of hydrogen-bond acceptors (Lipinski definition) is 7. The third-order valence-electron chi connectivity index (χ3n) is 3.04. The SMILES string of the molecule is O=C1NC(=O)/C(=C\c2ccc(OCCNc3ncccn3)cc2)S1. The number of nitrogens with one attached hydrogen (secondary N) is 2. The average molecular weight is 342 g/mol. The second-order valence-corrected chi connectivity index (χ2v) is 5.78. The fraction of sp³-hybridized carbons (Fsp3) is 0.125. The van der Waals surface area contributed by atoms with Crippen molar-refractivity contribution in [3.05, 3.63) is 53.2 Å². The van der Waals surface area contributed by atoms with Crippen LogP contribution in [0.15, 0.2) is 47.6 Å². The Morgan fingerprint density at radius 3 is 2.58 bits per heavy atom. The lowest BCUT2D eigenvalue weighted by molar-refractivity contribution is -0.115. The van der Waals surface area contributed by atoms with Gasteiger partial charge in [-0.25, -0.2) is 9.97 Å². The van der Waals surface area contributed by atoms with Crippen LogP contribution in [0, 0.1) is 0 Å². The number of ether oxygens (including phenoxy) is 1. The number of benzene rings is 1. The minimum absolute atomic E-state index is 0.346. The Bertz CT molecular complexity index is 763. The van der Waals surface area contributed by atoms with Crippen molar-refractivity contribution in [1.82, 2.24) is 15.3 Å². The van der Waals surface area contributed by atoms with E-state index in [4.69, 9.17) is 4.74 Å². The molecule has 0 atom stereocenters. The lowest BCUT2D eigenvalue weighted by Crippen LogP contribution is -2.17. The zero-order valence-corrected chi connectivity index (χ0v) is 13.4. The van der Waals surface area contributed by atoms with E-state index in [0.717, 1.165) is 17.3 Å². The fourth-order valence-corrected chi connectivity index (χ4v) is 2.64. The molecule has 2 aromatic rings. The molecule has 2 heterocycles. The van der Waals surface area contributed by atoms with Crippen molar-refractivity contribution in [1.29, 1.82) is 0 Å². The van der Waals surface area contributed by atoms with Gasteiger partial charge in [0.25, 0.3) is 11.1 Å².